The zero-order chi connectivity index (χ0) is 19.6. The normalized spacial score (nSPS) is 25.1. The summed E-state index contributed by atoms with van der Waals surface area (Å²) < 4.78 is 38.8. The zero-order valence-corrected chi connectivity index (χ0v) is 16.9. The van der Waals surface area contributed by atoms with Crippen LogP contribution in [0.4, 0.5) is 0 Å². The van der Waals surface area contributed by atoms with E-state index in [4.69, 9.17) is 9.47 Å². The van der Waals surface area contributed by atoms with E-state index in [0.29, 0.717) is 38.4 Å². The Hall–Kier alpha value is -1.48. The molecule has 3 saturated heterocycles. The van der Waals surface area contributed by atoms with Crippen LogP contribution in [0.15, 0.2) is 29.2 Å². The number of benzene rings is 1. The number of amides is 1. The minimum Gasteiger partial charge on any atom is -0.348 e. The molecule has 0 aliphatic carbocycles. The molecule has 0 N–H and O–H groups in total. The average molecular weight is 409 g/mol. The topological polar surface area (TPSA) is 76.2 Å². The molecule has 1 aromatic rings. The molecule has 8 heteroatoms. The van der Waals surface area contributed by atoms with E-state index in [9.17, 15) is 13.2 Å². The number of carbonyl (C=O) groups is 1. The highest BCUT2D eigenvalue weighted by Crippen LogP contribution is 2.27. The van der Waals surface area contributed by atoms with Gasteiger partial charge in [0.2, 0.25) is 10.0 Å². The van der Waals surface area contributed by atoms with Crippen molar-refractivity contribution in [2.24, 2.45) is 0 Å². The monoisotopic (exact) mass is 408 g/mol. The molecule has 1 amide bonds. The average Bonchev–Trinajstić information content (AvgIpc) is 3.29. The van der Waals surface area contributed by atoms with Crippen molar-refractivity contribution in [1.82, 2.24) is 9.21 Å². The number of hydrogen-bond donors (Lipinski definition) is 0. The molecule has 1 aromatic carbocycles. The van der Waals surface area contributed by atoms with E-state index < -0.39 is 10.0 Å². The highest BCUT2D eigenvalue weighted by molar-refractivity contribution is 7.89. The molecule has 3 aliphatic heterocycles. The standard InChI is InChI=1S/C20H28N2O5S/c23-19(22-12-5-2-9-18(22)20-26-13-14-27-20)16-7-6-8-17(15-16)28(24,25)21-10-3-1-4-11-21/h6-8,15,18,20H,1-5,9-14H2. The summed E-state index contributed by atoms with van der Waals surface area (Å²) in [6.45, 7) is 2.82. The summed E-state index contributed by atoms with van der Waals surface area (Å²) in [6.07, 6.45) is 5.24. The van der Waals surface area contributed by atoms with Crippen molar-refractivity contribution < 1.29 is 22.7 Å². The summed E-state index contributed by atoms with van der Waals surface area (Å²) in [5.41, 5.74) is 0.406. The van der Waals surface area contributed by atoms with Crippen LogP contribution >= 0.6 is 0 Å². The SMILES string of the molecule is O=C(c1cccc(S(=O)(=O)N2CCCCC2)c1)N1CCCCC1C1OCCO1. The van der Waals surface area contributed by atoms with Crippen LogP contribution in [-0.4, -0.2) is 68.7 Å². The maximum Gasteiger partial charge on any atom is 0.254 e. The lowest BCUT2D eigenvalue weighted by Crippen LogP contribution is -2.50. The Balaban J connectivity index is 1.56. The van der Waals surface area contributed by atoms with Gasteiger partial charge in [-0.25, -0.2) is 8.42 Å². The number of nitrogens with zero attached hydrogens (tertiary/aromatic N) is 2. The van der Waals surface area contributed by atoms with Gasteiger partial charge < -0.3 is 14.4 Å². The van der Waals surface area contributed by atoms with Crippen molar-refractivity contribution in [3.8, 4) is 0 Å². The van der Waals surface area contributed by atoms with Gasteiger partial charge in [0.15, 0.2) is 6.29 Å². The van der Waals surface area contributed by atoms with E-state index in [0.717, 1.165) is 38.5 Å². The molecule has 3 heterocycles. The lowest BCUT2D eigenvalue weighted by molar-refractivity contribution is -0.100. The molecular weight excluding hydrogens is 380 g/mol. The van der Waals surface area contributed by atoms with Gasteiger partial charge in [-0.1, -0.05) is 12.5 Å². The van der Waals surface area contributed by atoms with E-state index in [-0.39, 0.29) is 23.1 Å². The predicted molar refractivity (Wildman–Crippen MR) is 103 cm³/mol. The zero-order valence-electron chi connectivity index (χ0n) is 16.1. The van der Waals surface area contributed by atoms with E-state index in [1.54, 1.807) is 23.1 Å². The fourth-order valence-electron chi connectivity index (χ4n) is 4.30. The quantitative estimate of drug-likeness (QED) is 0.764. The van der Waals surface area contributed by atoms with Gasteiger partial charge in [0, 0.05) is 25.2 Å². The maximum atomic E-state index is 13.2. The highest BCUT2D eigenvalue weighted by atomic mass is 32.2. The fraction of sp³-hybridized carbons (Fsp3) is 0.650. The van der Waals surface area contributed by atoms with E-state index in [1.165, 1.54) is 10.4 Å². The van der Waals surface area contributed by atoms with Gasteiger partial charge in [0.05, 0.1) is 24.2 Å². The fourth-order valence-corrected chi connectivity index (χ4v) is 5.86. The molecule has 3 fully saturated rings. The Morgan fingerprint density at radius 3 is 2.43 bits per heavy atom. The van der Waals surface area contributed by atoms with Crippen molar-refractivity contribution >= 4 is 15.9 Å². The number of likely N-dealkylation sites (tertiary alicyclic amines) is 1. The first-order valence-corrected chi connectivity index (χ1v) is 11.7. The Bertz CT molecular complexity index is 801. The van der Waals surface area contributed by atoms with Gasteiger partial charge >= 0.3 is 0 Å². The molecule has 7 nitrogen and oxygen atoms in total. The van der Waals surface area contributed by atoms with Crippen molar-refractivity contribution in [3.05, 3.63) is 29.8 Å². The molecule has 3 aliphatic rings. The van der Waals surface area contributed by atoms with Gasteiger partial charge in [-0.15, -0.1) is 0 Å². The molecule has 154 valence electrons. The summed E-state index contributed by atoms with van der Waals surface area (Å²) in [6, 6.07) is 6.34. The second-order valence-corrected chi connectivity index (χ2v) is 9.60. The van der Waals surface area contributed by atoms with Gasteiger partial charge in [-0.05, 0) is 50.3 Å². The first-order chi connectivity index (χ1) is 13.6. The second kappa shape index (κ2) is 8.49. The lowest BCUT2D eigenvalue weighted by Gasteiger charge is -2.38. The Morgan fingerprint density at radius 1 is 0.964 bits per heavy atom. The molecular formula is C20H28N2O5S. The van der Waals surface area contributed by atoms with E-state index in [1.807, 2.05) is 0 Å². The summed E-state index contributed by atoms with van der Waals surface area (Å²) in [5, 5.41) is 0. The number of ether oxygens (including phenoxy) is 2. The van der Waals surface area contributed by atoms with Crippen LogP contribution in [0.2, 0.25) is 0 Å². The van der Waals surface area contributed by atoms with Crippen LogP contribution in [0.1, 0.15) is 48.9 Å². The van der Waals surface area contributed by atoms with Gasteiger partial charge in [0.1, 0.15) is 0 Å². The lowest BCUT2D eigenvalue weighted by atomic mass is 10.00. The van der Waals surface area contributed by atoms with Crippen molar-refractivity contribution in [3.63, 3.8) is 0 Å². The molecule has 1 atom stereocenters. The molecule has 0 spiro atoms. The Morgan fingerprint density at radius 2 is 1.68 bits per heavy atom. The van der Waals surface area contributed by atoms with Crippen molar-refractivity contribution in [1.29, 1.82) is 0 Å². The van der Waals surface area contributed by atoms with Crippen LogP contribution in [-0.2, 0) is 19.5 Å². The maximum absolute atomic E-state index is 13.2. The summed E-state index contributed by atoms with van der Waals surface area (Å²) in [4.78, 5) is 15.2. The second-order valence-electron chi connectivity index (χ2n) is 7.66. The number of hydrogen-bond acceptors (Lipinski definition) is 5. The van der Waals surface area contributed by atoms with Gasteiger partial charge in [-0.3, -0.25) is 4.79 Å². The first kappa shape index (κ1) is 19.8. The minimum absolute atomic E-state index is 0.119. The molecule has 28 heavy (non-hydrogen) atoms. The van der Waals surface area contributed by atoms with Crippen LogP contribution in [0.5, 0.6) is 0 Å². The first-order valence-electron chi connectivity index (χ1n) is 10.2. The predicted octanol–water partition coefficient (Wildman–Crippen LogP) is 2.23. The van der Waals surface area contributed by atoms with Crippen molar-refractivity contribution in [2.75, 3.05) is 32.8 Å². The van der Waals surface area contributed by atoms with Crippen LogP contribution in [0.3, 0.4) is 0 Å². The van der Waals surface area contributed by atoms with Gasteiger partial charge in [0.25, 0.3) is 5.91 Å². The van der Waals surface area contributed by atoms with Gasteiger partial charge in [-0.2, -0.15) is 4.31 Å². The molecule has 0 aromatic heterocycles. The van der Waals surface area contributed by atoms with Crippen LogP contribution in [0, 0.1) is 0 Å². The molecule has 4 rings (SSSR count). The van der Waals surface area contributed by atoms with E-state index in [2.05, 4.69) is 0 Å². The highest BCUT2D eigenvalue weighted by Gasteiger charge is 2.37. The molecule has 1 unspecified atom stereocenters. The largest absolute Gasteiger partial charge is 0.348 e. The Labute approximate surface area is 166 Å². The van der Waals surface area contributed by atoms with Crippen molar-refractivity contribution in [2.45, 2.75) is 55.8 Å². The van der Waals surface area contributed by atoms with Crippen LogP contribution in [0.25, 0.3) is 0 Å². The minimum atomic E-state index is -3.56. The molecule has 0 radical (unpaired) electrons. The number of rotatable bonds is 4. The number of carbonyl (C=O) groups excluding carboxylic acids is 1. The van der Waals surface area contributed by atoms with E-state index >= 15 is 0 Å². The molecule has 0 saturated carbocycles. The summed E-state index contributed by atoms with van der Waals surface area (Å²) in [5.74, 6) is -0.153. The summed E-state index contributed by atoms with van der Waals surface area (Å²) in [7, 11) is -3.56. The third-order valence-electron chi connectivity index (χ3n) is 5.81. The Kier molecular flexibility index (Phi) is 6.01. The smallest absolute Gasteiger partial charge is 0.254 e. The molecule has 0 bridgehead atoms. The number of piperidine rings is 2. The van der Waals surface area contributed by atoms with Crippen LogP contribution < -0.4 is 0 Å². The summed E-state index contributed by atoms with van der Waals surface area (Å²) >= 11 is 0. The number of sulfonamides is 1. The third kappa shape index (κ3) is 3.96. The third-order valence-corrected chi connectivity index (χ3v) is 7.70.